The van der Waals surface area contributed by atoms with E-state index in [2.05, 4.69) is 0 Å². The van der Waals surface area contributed by atoms with Crippen LogP contribution in [0.3, 0.4) is 0 Å². The van der Waals surface area contributed by atoms with E-state index in [1.165, 1.54) is 47.5 Å². The summed E-state index contributed by atoms with van der Waals surface area (Å²) in [5.74, 6) is -0.937. The number of fused-ring (bicyclic) bond motifs is 9. The summed E-state index contributed by atoms with van der Waals surface area (Å²) in [4.78, 5) is 0. The molecule has 0 aromatic heterocycles. The number of hydrogen-bond acceptors (Lipinski definition) is 1. The van der Waals surface area contributed by atoms with Crippen LogP contribution in [-0.2, 0) is 31.3 Å². The first-order valence-electron chi connectivity index (χ1n) is 12.4. The third-order valence-corrected chi connectivity index (χ3v) is 8.31. The summed E-state index contributed by atoms with van der Waals surface area (Å²) in [6, 6.07) is 18.9. The van der Waals surface area contributed by atoms with Gasteiger partial charge in [-0.3, -0.25) is 0 Å². The molecule has 184 valence electrons. The van der Waals surface area contributed by atoms with Crippen LogP contribution in [0.15, 0.2) is 78.4 Å². The topological polar surface area (TPSA) is 20.2 Å². The fraction of sp³-hybridized carbons (Fsp3) is 0.188. The number of hydrogen-bond donors (Lipinski definition) is 1. The monoisotopic (exact) mass is 498 g/mol. The SMILES string of the molecule is Fc1ccc2c(c1)CC1=C2c2ccc(F)cc2C1.OC12c3ccc(F)cc3CC1Cc1cc(F)ccc12. The zero-order valence-electron chi connectivity index (χ0n) is 19.8. The van der Waals surface area contributed by atoms with Gasteiger partial charge in [0, 0.05) is 5.92 Å². The van der Waals surface area contributed by atoms with Crippen LogP contribution in [-0.4, -0.2) is 5.11 Å². The largest absolute Gasteiger partial charge is 0.380 e. The molecule has 0 saturated heterocycles. The zero-order valence-corrected chi connectivity index (χ0v) is 19.8. The lowest BCUT2D eigenvalue weighted by molar-refractivity contribution is 0.0442. The predicted octanol–water partition coefficient (Wildman–Crippen LogP) is 6.81. The lowest BCUT2D eigenvalue weighted by Gasteiger charge is -2.25. The third-order valence-electron chi connectivity index (χ3n) is 8.31. The van der Waals surface area contributed by atoms with E-state index in [0.717, 1.165) is 57.3 Å². The third kappa shape index (κ3) is 3.33. The quantitative estimate of drug-likeness (QED) is 0.264. The second-order valence-electron chi connectivity index (χ2n) is 10.4. The number of benzene rings is 4. The van der Waals surface area contributed by atoms with E-state index < -0.39 is 5.60 Å². The molecule has 4 aliphatic carbocycles. The van der Waals surface area contributed by atoms with Crippen LogP contribution in [0.25, 0.3) is 5.57 Å². The van der Waals surface area contributed by atoms with Crippen LogP contribution in [0.5, 0.6) is 0 Å². The summed E-state index contributed by atoms with van der Waals surface area (Å²) in [5.41, 5.74) is 8.99. The maximum atomic E-state index is 13.3. The minimum atomic E-state index is -1.08. The van der Waals surface area contributed by atoms with Gasteiger partial charge in [0.15, 0.2) is 0 Å². The van der Waals surface area contributed by atoms with Crippen molar-refractivity contribution >= 4 is 5.57 Å². The Hall–Kier alpha value is -3.70. The molecule has 0 spiro atoms. The van der Waals surface area contributed by atoms with Crippen molar-refractivity contribution in [3.63, 3.8) is 0 Å². The number of halogens is 4. The molecule has 0 fully saturated rings. The summed E-state index contributed by atoms with van der Waals surface area (Å²) in [6.07, 6.45) is 2.86. The van der Waals surface area contributed by atoms with E-state index in [1.54, 1.807) is 24.3 Å². The van der Waals surface area contributed by atoms with E-state index in [1.807, 2.05) is 12.1 Å². The van der Waals surface area contributed by atoms with Crippen LogP contribution >= 0.6 is 0 Å². The molecule has 4 aliphatic rings. The van der Waals surface area contributed by atoms with Gasteiger partial charge in [0.05, 0.1) is 0 Å². The van der Waals surface area contributed by atoms with Gasteiger partial charge >= 0.3 is 0 Å². The second kappa shape index (κ2) is 7.90. The van der Waals surface area contributed by atoms with Crippen LogP contribution in [0.1, 0.15) is 44.5 Å². The molecule has 0 unspecified atom stereocenters. The fourth-order valence-electron chi connectivity index (χ4n) is 6.82. The maximum absolute atomic E-state index is 13.3. The highest BCUT2D eigenvalue weighted by molar-refractivity contribution is 5.91. The number of allylic oxidation sites excluding steroid dienone is 1. The second-order valence-corrected chi connectivity index (χ2v) is 10.4. The summed E-state index contributed by atoms with van der Waals surface area (Å²) in [6.45, 7) is 0. The molecular formula is C32H22F4O. The van der Waals surface area contributed by atoms with Crippen molar-refractivity contribution in [3.05, 3.63) is 146 Å². The first-order valence-corrected chi connectivity index (χ1v) is 12.4. The van der Waals surface area contributed by atoms with Crippen molar-refractivity contribution in [1.29, 1.82) is 0 Å². The molecule has 4 aromatic carbocycles. The van der Waals surface area contributed by atoms with Crippen molar-refractivity contribution in [2.24, 2.45) is 5.92 Å². The molecular weight excluding hydrogens is 476 g/mol. The number of aliphatic hydroxyl groups is 1. The first kappa shape index (κ1) is 22.5. The average Bonchev–Trinajstić information content (AvgIpc) is 3.53. The smallest absolute Gasteiger partial charge is 0.123 e. The molecule has 0 radical (unpaired) electrons. The Labute approximate surface area is 211 Å². The molecule has 0 bridgehead atoms. The van der Waals surface area contributed by atoms with Gasteiger partial charge in [-0.2, -0.15) is 0 Å². The number of rotatable bonds is 0. The summed E-state index contributed by atoms with van der Waals surface area (Å²) in [7, 11) is 0. The van der Waals surface area contributed by atoms with E-state index in [0.29, 0.717) is 12.8 Å². The first-order chi connectivity index (χ1) is 17.8. The normalized spacial score (nSPS) is 21.5. The van der Waals surface area contributed by atoms with Crippen LogP contribution in [0, 0.1) is 29.2 Å². The fourth-order valence-corrected chi connectivity index (χ4v) is 6.82. The van der Waals surface area contributed by atoms with Gasteiger partial charge in [0.1, 0.15) is 28.9 Å². The Kier molecular flexibility index (Phi) is 4.80. The minimum absolute atomic E-state index is 0.0129. The van der Waals surface area contributed by atoms with Gasteiger partial charge in [0.25, 0.3) is 0 Å². The van der Waals surface area contributed by atoms with Crippen molar-refractivity contribution in [1.82, 2.24) is 0 Å². The van der Waals surface area contributed by atoms with Crippen LogP contribution in [0.4, 0.5) is 17.6 Å². The predicted molar refractivity (Wildman–Crippen MR) is 133 cm³/mol. The van der Waals surface area contributed by atoms with Gasteiger partial charge in [-0.05, 0) is 124 Å². The van der Waals surface area contributed by atoms with Crippen LogP contribution < -0.4 is 0 Å². The highest BCUT2D eigenvalue weighted by Gasteiger charge is 2.51. The minimum Gasteiger partial charge on any atom is -0.380 e. The summed E-state index contributed by atoms with van der Waals surface area (Å²) >= 11 is 0. The van der Waals surface area contributed by atoms with Crippen molar-refractivity contribution in [2.75, 3.05) is 0 Å². The molecule has 0 heterocycles. The Balaban J connectivity index is 0.000000125. The molecule has 1 nitrogen and oxygen atoms in total. The lowest BCUT2D eigenvalue weighted by atomic mass is 9.86. The van der Waals surface area contributed by atoms with E-state index >= 15 is 0 Å². The summed E-state index contributed by atoms with van der Waals surface area (Å²) < 4.78 is 53.0. The Bertz CT molecular complexity index is 1540. The van der Waals surface area contributed by atoms with Gasteiger partial charge < -0.3 is 5.11 Å². The Morgan fingerprint density at radius 3 is 1.43 bits per heavy atom. The average molecular weight is 499 g/mol. The van der Waals surface area contributed by atoms with Gasteiger partial charge in [-0.15, -0.1) is 0 Å². The maximum Gasteiger partial charge on any atom is 0.123 e. The molecule has 8 rings (SSSR count). The van der Waals surface area contributed by atoms with E-state index in [4.69, 9.17) is 0 Å². The zero-order chi connectivity index (χ0) is 25.5. The molecule has 37 heavy (non-hydrogen) atoms. The lowest BCUT2D eigenvalue weighted by Crippen LogP contribution is -2.28. The van der Waals surface area contributed by atoms with Crippen molar-refractivity contribution < 1.29 is 22.7 Å². The highest BCUT2D eigenvalue weighted by atomic mass is 19.1. The van der Waals surface area contributed by atoms with E-state index in [-0.39, 0.29) is 29.2 Å². The molecule has 0 aliphatic heterocycles. The molecule has 5 heteroatoms. The van der Waals surface area contributed by atoms with Gasteiger partial charge in [0.2, 0.25) is 0 Å². The van der Waals surface area contributed by atoms with Crippen molar-refractivity contribution in [3.8, 4) is 0 Å². The molecule has 4 aromatic rings. The molecule has 1 N–H and O–H groups in total. The molecule has 0 atom stereocenters. The van der Waals surface area contributed by atoms with Crippen molar-refractivity contribution in [2.45, 2.75) is 31.3 Å². The van der Waals surface area contributed by atoms with Gasteiger partial charge in [-0.25, -0.2) is 17.6 Å². The Morgan fingerprint density at radius 1 is 0.568 bits per heavy atom. The van der Waals surface area contributed by atoms with Gasteiger partial charge in [-0.1, -0.05) is 29.8 Å². The Morgan fingerprint density at radius 2 is 0.973 bits per heavy atom. The van der Waals surface area contributed by atoms with E-state index in [9.17, 15) is 22.7 Å². The summed E-state index contributed by atoms with van der Waals surface area (Å²) in [5, 5.41) is 11.1. The molecule has 0 amide bonds. The highest BCUT2D eigenvalue weighted by Crippen LogP contribution is 2.53. The molecule has 0 saturated carbocycles. The standard InChI is InChI=1S/C16H12F2O.C16H10F2/c17-12-1-3-14-9(7-12)5-11-6-10-8-13(18)2-4-15(10)16(11,14)19;17-12-1-3-14-9(7-12)5-11-6-10-8-13(18)2-4-15(10)16(11)14/h1-4,7-8,11,19H,5-6H2;1-4,7-8H,5-6H2. The van der Waals surface area contributed by atoms with Crippen LogP contribution in [0.2, 0.25) is 0 Å².